The zero-order chi connectivity index (χ0) is 22.3. The minimum absolute atomic E-state index is 0.0186. The average molecular weight is 441 g/mol. The van der Waals surface area contributed by atoms with Crippen LogP contribution in [-0.2, 0) is 16.1 Å². The molecule has 2 unspecified atom stereocenters. The molecular weight excluding hydrogens is 408 g/mol. The quantitative estimate of drug-likeness (QED) is 0.791. The van der Waals surface area contributed by atoms with E-state index in [1.54, 1.807) is 14.2 Å². The maximum Gasteiger partial charge on any atom is 0.224 e. The number of carbonyl (C=O) groups excluding carboxylic acids is 1. The van der Waals surface area contributed by atoms with E-state index < -0.39 is 0 Å². The summed E-state index contributed by atoms with van der Waals surface area (Å²) in [6.07, 6.45) is 1.94. The fourth-order valence-electron chi connectivity index (χ4n) is 4.40. The van der Waals surface area contributed by atoms with E-state index in [2.05, 4.69) is 22.3 Å². The van der Waals surface area contributed by atoms with Gasteiger partial charge in [0.15, 0.2) is 11.5 Å². The number of hydrogen-bond donors (Lipinski definition) is 1. The summed E-state index contributed by atoms with van der Waals surface area (Å²) < 4.78 is 22.5. The van der Waals surface area contributed by atoms with Crippen LogP contribution in [-0.4, -0.2) is 64.5 Å². The van der Waals surface area contributed by atoms with Gasteiger partial charge in [-0.2, -0.15) is 0 Å². The summed E-state index contributed by atoms with van der Waals surface area (Å²) in [5.41, 5.74) is 3.23. The van der Waals surface area contributed by atoms with Crippen LogP contribution >= 0.6 is 0 Å². The van der Waals surface area contributed by atoms with Crippen molar-refractivity contribution in [1.82, 2.24) is 10.2 Å². The highest BCUT2D eigenvalue weighted by Gasteiger charge is 2.26. The number of nitrogens with zero attached hydrogens (tertiary/aromatic N) is 1. The van der Waals surface area contributed by atoms with Gasteiger partial charge in [-0.3, -0.25) is 9.69 Å². The van der Waals surface area contributed by atoms with Crippen LogP contribution in [0, 0.1) is 5.92 Å². The van der Waals surface area contributed by atoms with Crippen LogP contribution in [0.2, 0.25) is 0 Å². The Balaban J connectivity index is 1.63. The zero-order valence-electron chi connectivity index (χ0n) is 18.9. The number of benzene rings is 2. The van der Waals surface area contributed by atoms with Gasteiger partial charge in [-0.05, 0) is 54.8 Å². The van der Waals surface area contributed by atoms with Gasteiger partial charge in [0.25, 0.3) is 0 Å². The summed E-state index contributed by atoms with van der Waals surface area (Å²) in [4.78, 5) is 14.9. The molecule has 4 rings (SSSR count). The van der Waals surface area contributed by atoms with E-state index in [1.165, 1.54) is 0 Å². The lowest BCUT2D eigenvalue weighted by atomic mass is 9.96. The van der Waals surface area contributed by atoms with Crippen molar-refractivity contribution in [3.63, 3.8) is 0 Å². The highest BCUT2D eigenvalue weighted by Crippen LogP contribution is 2.34. The zero-order valence-corrected chi connectivity index (χ0v) is 18.9. The molecule has 2 aliphatic heterocycles. The minimum atomic E-state index is 0.0186. The normalized spacial score (nSPS) is 22.0. The van der Waals surface area contributed by atoms with Gasteiger partial charge in [0.05, 0.1) is 33.4 Å². The third-order valence-corrected chi connectivity index (χ3v) is 6.08. The fraction of sp³-hybridized carbons (Fsp3) is 0.480. The molecule has 2 aromatic rings. The van der Waals surface area contributed by atoms with E-state index >= 15 is 0 Å². The smallest absolute Gasteiger partial charge is 0.224 e. The lowest BCUT2D eigenvalue weighted by Crippen LogP contribution is -2.43. The van der Waals surface area contributed by atoms with Gasteiger partial charge < -0.3 is 24.3 Å². The number of nitrogens with one attached hydrogen (secondary N) is 1. The molecule has 1 N–H and O–H groups in total. The number of fused-ring (bicyclic) bond motifs is 3. The Morgan fingerprint density at radius 2 is 1.81 bits per heavy atom. The number of hydrogen-bond acceptors (Lipinski definition) is 6. The summed E-state index contributed by atoms with van der Waals surface area (Å²) in [5, 5.41) is 3.01. The van der Waals surface area contributed by atoms with Crippen LogP contribution in [0.1, 0.15) is 18.4 Å². The van der Waals surface area contributed by atoms with Crippen molar-refractivity contribution in [2.24, 2.45) is 5.92 Å². The van der Waals surface area contributed by atoms with Crippen molar-refractivity contribution in [3.05, 3.63) is 42.0 Å². The third-order valence-electron chi connectivity index (χ3n) is 6.08. The molecular formula is C25H32N2O5. The van der Waals surface area contributed by atoms with Gasteiger partial charge in [0.1, 0.15) is 12.4 Å². The molecule has 2 aromatic carbocycles. The Morgan fingerprint density at radius 3 is 2.66 bits per heavy atom. The van der Waals surface area contributed by atoms with Crippen LogP contribution in [0.15, 0.2) is 36.4 Å². The van der Waals surface area contributed by atoms with Crippen molar-refractivity contribution < 1.29 is 23.7 Å². The van der Waals surface area contributed by atoms with Crippen LogP contribution in [0.3, 0.4) is 0 Å². The molecule has 7 nitrogen and oxygen atoms in total. The molecule has 0 radical (unpaired) electrons. The molecule has 0 aliphatic carbocycles. The van der Waals surface area contributed by atoms with Gasteiger partial charge in [-0.1, -0.05) is 12.1 Å². The molecule has 7 heteroatoms. The van der Waals surface area contributed by atoms with Crippen molar-refractivity contribution in [3.8, 4) is 28.4 Å². The largest absolute Gasteiger partial charge is 0.493 e. The van der Waals surface area contributed by atoms with E-state index in [0.29, 0.717) is 37.9 Å². The summed E-state index contributed by atoms with van der Waals surface area (Å²) in [6, 6.07) is 12.2. The van der Waals surface area contributed by atoms with Gasteiger partial charge in [-0.25, -0.2) is 0 Å². The summed E-state index contributed by atoms with van der Waals surface area (Å²) in [6.45, 7) is 4.47. The second kappa shape index (κ2) is 10.7. The SMILES string of the molecule is COc1ccc(-c2ccc3c(c2)CN2CCCC(C2)C(=O)NCCOCCO3)cc1OC. The standard InChI is InChI=1S/C25H32N2O5/c1-29-23-8-6-19(15-24(23)30-2)18-5-7-22-21(14-18)17-27-10-3-4-20(16-27)25(28)26-9-11-31-12-13-32-22/h5-8,14-15,20H,3-4,9-13,16-17H2,1-2H3,(H,26,28). The Morgan fingerprint density at radius 1 is 1.00 bits per heavy atom. The lowest BCUT2D eigenvalue weighted by Gasteiger charge is -2.32. The summed E-state index contributed by atoms with van der Waals surface area (Å²) in [7, 11) is 3.28. The minimum Gasteiger partial charge on any atom is -0.493 e. The maximum atomic E-state index is 12.6. The number of piperidine rings is 1. The van der Waals surface area contributed by atoms with Crippen molar-refractivity contribution in [2.75, 3.05) is 53.7 Å². The van der Waals surface area contributed by atoms with E-state index in [4.69, 9.17) is 18.9 Å². The van der Waals surface area contributed by atoms with Crippen LogP contribution < -0.4 is 19.5 Å². The van der Waals surface area contributed by atoms with E-state index in [1.807, 2.05) is 24.3 Å². The number of carbonyl (C=O) groups is 1. The monoisotopic (exact) mass is 440 g/mol. The van der Waals surface area contributed by atoms with Crippen LogP contribution in [0.25, 0.3) is 11.1 Å². The van der Waals surface area contributed by atoms with E-state index in [9.17, 15) is 4.79 Å². The molecule has 2 atom stereocenters. The van der Waals surface area contributed by atoms with Gasteiger partial charge in [0, 0.05) is 25.2 Å². The molecule has 2 bridgehead atoms. The van der Waals surface area contributed by atoms with E-state index in [-0.39, 0.29) is 11.8 Å². The van der Waals surface area contributed by atoms with Crippen molar-refractivity contribution in [1.29, 1.82) is 0 Å². The topological polar surface area (TPSA) is 69.3 Å². The lowest BCUT2D eigenvalue weighted by molar-refractivity contribution is -0.127. The molecule has 0 saturated carbocycles. The number of amides is 1. The van der Waals surface area contributed by atoms with Crippen LogP contribution in [0.4, 0.5) is 0 Å². The fourth-order valence-corrected chi connectivity index (χ4v) is 4.40. The molecule has 1 saturated heterocycles. The number of ether oxygens (including phenoxy) is 4. The second-order valence-corrected chi connectivity index (χ2v) is 8.22. The molecule has 1 amide bonds. The number of methoxy groups -OCH3 is 2. The Bertz CT molecular complexity index is 933. The number of rotatable bonds is 3. The third kappa shape index (κ3) is 5.34. The Labute approximate surface area is 189 Å². The molecule has 172 valence electrons. The molecule has 2 aliphatic rings. The molecule has 1 fully saturated rings. The predicted octanol–water partition coefficient (Wildman–Crippen LogP) is 3.11. The highest BCUT2D eigenvalue weighted by atomic mass is 16.5. The Hall–Kier alpha value is -2.77. The van der Waals surface area contributed by atoms with Gasteiger partial charge in [-0.15, -0.1) is 0 Å². The van der Waals surface area contributed by atoms with E-state index in [0.717, 1.165) is 54.9 Å². The summed E-state index contributed by atoms with van der Waals surface area (Å²) >= 11 is 0. The molecule has 0 spiro atoms. The first-order chi connectivity index (χ1) is 15.7. The van der Waals surface area contributed by atoms with Crippen LogP contribution in [0.5, 0.6) is 17.2 Å². The summed E-state index contributed by atoms with van der Waals surface area (Å²) in [5.74, 6) is 2.41. The first kappa shape index (κ1) is 22.4. The first-order valence-corrected chi connectivity index (χ1v) is 11.2. The second-order valence-electron chi connectivity index (χ2n) is 8.22. The van der Waals surface area contributed by atoms with Crippen molar-refractivity contribution in [2.45, 2.75) is 19.4 Å². The predicted molar refractivity (Wildman–Crippen MR) is 122 cm³/mol. The van der Waals surface area contributed by atoms with Crippen molar-refractivity contribution >= 4 is 5.91 Å². The first-order valence-electron chi connectivity index (χ1n) is 11.2. The average Bonchev–Trinajstić information content (AvgIpc) is 2.83. The maximum absolute atomic E-state index is 12.6. The molecule has 32 heavy (non-hydrogen) atoms. The Kier molecular flexibility index (Phi) is 7.50. The van der Waals surface area contributed by atoms with Gasteiger partial charge in [0.2, 0.25) is 5.91 Å². The molecule has 0 aromatic heterocycles. The highest BCUT2D eigenvalue weighted by molar-refractivity contribution is 5.79. The molecule has 2 heterocycles. The van der Waals surface area contributed by atoms with Gasteiger partial charge >= 0.3 is 0 Å².